The predicted molar refractivity (Wildman–Crippen MR) is 110 cm³/mol. The number of piperazine rings is 1. The fraction of sp³-hybridized carbons (Fsp3) is 0.444. The molecular weight excluding hydrogens is 432 g/mol. The minimum absolute atomic E-state index is 0.0635. The third-order valence-electron chi connectivity index (χ3n) is 4.97. The van der Waals surface area contributed by atoms with Gasteiger partial charge in [0.2, 0.25) is 10.0 Å². The second-order valence-corrected chi connectivity index (χ2v) is 11.1. The average molecular weight is 457 g/mol. The van der Waals surface area contributed by atoms with Crippen LogP contribution in [0.15, 0.2) is 32.5 Å². The van der Waals surface area contributed by atoms with E-state index in [1.807, 2.05) is 0 Å². The van der Waals surface area contributed by atoms with Gasteiger partial charge in [-0.25, -0.2) is 21.6 Å². The monoisotopic (exact) mass is 456 g/mol. The van der Waals surface area contributed by atoms with Crippen LogP contribution in [-0.2, 0) is 19.9 Å². The number of carbonyl (C=O) groups is 1. The number of nitrogens with zero attached hydrogens (tertiary/aromatic N) is 3. The van der Waals surface area contributed by atoms with Gasteiger partial charge in [0.1, 0.15) is 10.6 Å². The molecule has 0 radical (unpaired) electrons. The highest BCUT2D eigenvalue weighted by atomic mass is 32.2. The second kappa shape index (κ2) is 8.00. The van der Waals surface area contributed by atoms with Crippen molar-refractivity contribution in [2.45, 2.75) is 30.6 Å². The molecule has 1 aromatic heterocycles. The molecule has 30 heavy (non-hydrogen) atoms. The molecule has 1 N–H and O–H groups in total. The van der Waals surface area contributed by atoms with Crippen molar-refractivity contribution in [2.75, 3.05) is 37.8 Å². The molecule has 164 valence electrons. The van der Waals surface area contributed by atoms with E-state index in [0.29, 0.717) is 11.4 Å². The number of aromatic nitrogens is 1. The van der Waals surface area contributed by atoms with Gasteiger partial charge in [-0.15, -0.1) is 0 Å². The van der Waals surface area contributed by atoms with Gasteiger partial charge in [-0.05, 0) is 38.5 Å². The number of aryl methyl sites for hydroxylation is 3. The molecule has 0 atom stereocenters. The summed E-state index contributed by atoms with van der Waals surface area (Å²) in [6.45, 7) is 5.52. The average Bonchev–Trinajstić information content (AvgIpc) is 3.01. The summed E-state index contributed by atoms with van der Waals surface area (Å²) in [4.78, 5) is 14.3. The van der Waals surface area contributed by atoms with E-state index in [9.17, 15) is 21.6 Å². The Morgan fingerprint density at radius 2 is 1.70 bits per heavy atom. The Morgan fingerprint density at radius 1 is 1.07 bits per heavy atom. The Morgan fingerprint density at radius 3 is 2.23 bits per heavy atom. The standard InChI is InChI=1S/C18H24N4O6S2/c1-12-5-6-15(29(4,24)25)11-16(12)19-18(23)21-7-9-22(10-8-21)30(26,27)17-13(2)20-28-14(17)3/h5-6,11H,7-10H2,1-4H3,(H,19,23). The summed E-state index contributed by atoms with van der Waals surface area (Å²) < 4.78 is 55.6. The SMILES string of the molecule is Cc1ccc(S(C)(=O)=O)cc1NC(=O)N1CCN(S(=O)(=O)c2c(C)noc2C)CC1. The second-order valence-electron chi connectivity index (χ2n) is 7.22. The van der Waals surface area contributed by atoms with Crippen LogP contribution in [0.25, 0.3) is 0 Å². The van der Waals surface area contributed by atoms with E-state index in [1.165, 1.54) is 21.3 Å². The van der Waals surface area contributed by atoms with Crippen LogP contribution < -0.4 is 5.32 Å². The van der Waals surface area contributed by atoms with E-state index in [4.69, 9.17) is 4.52 Å². The van der Waals surface area contributed by atoms with Crippen LogP contribution in [0.3, 0.4) is 0 Å². The maximum Gasteiger partial charge on any atom is 0.321 e. The van der Waals surface area contributed by atoms with Crippen LogP contribution in [0, 0.1) is 20.8 Å². The first-order chi connectivity index (χ1) is 13.9. The highest BCUT2D eigenvalue weighted by Crippen LogP contribution is 2.25. The first-order valence-electron chi connectivity index (χ1n) is 9.21. The maximum absolute atomic E-state index is 12.9. The number of nitrogens with one attached hydrogen (secondary N) is 1. The van der Waals surface area contributed by atoms with E-state index < -0.39 is 25.9 Å². The summed E-state index contributed by atoms with van der Waals surface area (Å²) >= 11 is 0. The molecule has 0 unspecified atom stereocenters. The summed E-state index contributed by atoms with van der Waals surface area (Å²) in [7, 11) is -7.17. The van der Waals surface area contributed by atoms with Crippen LogP contribution in [0.5, 0.6) is 0 Å². The highest BCUT2D eigenvalue weighted by Gasteiger charge is 2.34. The van der Waals surface area contributed by atoms with E-state index in [0.717, 1.165) is 11.8 Å². The molecule has 10 nitrogen and oxygen atoms in total. The number of rotatable bonds is 4. The number of benzene rings is 1. The van der Waals surface area contributed by atoms with Crippen molar-refractivity contribution in [1.29, 1.82) is 0 Å². The van der Waals surface area contributed by atoms with Gasteiger partial charge in [0.25, 0.3) is 0 Å². The van der Waals surface area contributed by atoms with Crippen molar-refractivity contribution in [2.24, 2.45) is 0 Å². The zero-order valence-electron chi connectivity index (χ0n) is 17.2. The minimum Gasteiger partial charge on any atom is -0.360 e. The molecule has 2 heterocycles. The van der Waals surface area contributed by atoms with E-state index >= 15 is 0 Å². The van der Waals surface area contributed by atoms with Crippen molar-refractivity contribution in [3.05, 3.63) is 35.2 Å². The molecule has 2 aromatic rings. The zero-order valence-corrected chi connectivity index (χ0v) is 18.8. The van der Waals surface area contributed by atoms with E-state index in [2.05, 4.69) is 10.5 Å². The van der Waals surface area contributed by atoms with Crippen LogP contribution in [0.1, 0.15) is 17.0 Å². The fourth-order valence-corrected chi connectivity index (χ4v) is 5.62. The van der Waals surface area contributed by atoms with Crippen molar-refractivity contribution >= 4 is 31.6 Å². The Kier molecular flexibility index (Phi) is 5.94. The summed E-state index contributed by atoms with van der Waals surface area (Å²) in [5.41, 5.74) is 1.41. The Labute approximate surface area is 175 Å². The Balaban J connectivity index is 1.69. The fourth-order valence-electron chi connectivity index (χ4n) is 3.26. The maximum atomic E-state index is 12.9. The third kappa shape index (κ3) is 4.35. The van der Waals surface area contributed by atoms with E-state index in [-0.39, 0.29) is 41.7 Å². The molecule has 1 aliphatic rings. The molecule has 0 aliphatic carbocycles. The van der Waals surface area contributed by atoms with Crippen LogP contribution in [0.2, 0.25) is 0 Å². The molecule has 1 aromatic carbocycles. The lowest BCUT2D eigenvalue weighted by Gasteiger charge is -2.34. The van der Waals surface area contributed by atoms with Gasteiger partial charge < -0.3 is 14.7 Å². The summed E-state index contributed by atoms with van der Waals surface area (Å²) in [6.07, 6.45) is 1.10. The molecule has 1 aliphatic heterocycles. The van der Waals surface area contributed by atoms with Gasteiger partial charge in [-0.1, -0.05) is 11.2 Å². The molecule has 12 heteroatoms. The third-order valence-corrected chi connectivity index (χ3v) is 8.22. The number of sulfone groups is 1. The van der Waals surface area contributed by atoms with Crippen molar-refractivity contribution in [1.82, 2.24) is 14.4 Å². The lowest BCUT2D eigenvalue weighted by Crippen LogP contribution is -2.51. The molecular formula is C18H24N4O6S2. The van der Waals surface area contributed by atoms with Crippen molar-refractivity contribution < 1.29 is 26.2 Å². The summed E-state index contributed by atoms with van der Waals surface area (Å²) in [5.74, 6) is 0.230. The van der Waals surface area contributed by atoms with Crippen molar-refractivity contribution in [3.8, 4) is 0 Å². The van der Waals surface area contributed by atoms with Gasteiger partial charge >= 0.3 is 6.03 Å². The largest absolute Gasteiger partial charge is 0.360 e. The van der Waals surface area contributed by atoms with Crippen LogP contribution >= 0.6 is 0 Å². The number of anilines is 1. The molecule has 1 saturated heterocycles. The number of carbonyl (C=O) groups excluding carboxylic acids is 1. The van der Waals surface area contributed by atoms with Gasteiger partial charge in [0.15, 0.2) is 15.6 Å². The Hall–Kier alpha value is -2.44. The van der Waals surface area contributed by atoms with Gasteiger partial charge in [-0.2, -0.15) is 4.31 Å². The van der Waals surface area contributed by atoms with Gasteiger partial charge in [0.05, 0.1) is 4.90 Å². The smallest absolute Gasteiger partial charge is 0.321 e. The predicted octanol–water partition coefficient (Wildman–Crippen LogP) is 1.54. The number of hydrogen-bond donors (Lipinski definition) is 1. The minimum atomic E-state index is -3.76. The van der Waals surface area contributed by atoms with Gasteiger partial charge in [-0.3, -0.25) is 0 Å². The molecule has 2 amide bonds. The molecule has 0 spiro atoms. The first-order valence-corrected chi connectivity index (χ1v) is 12.5. The number of amides is 2. The van der Waals surface area contributed by atoms with Crippen LogP contribution in [0.4, 0.5) is 10.5 Å². The first kappa shape index (κ1) is 22.2. The zero-order chi connectivity index (χ0) is 22.3. The number of hydrogen-bond acceptors (Lipinski definition) is 7. The number of urea groups is 1. The lowest BCUT2D eigenvalue weighted by atomic mass is 10.2. The normalized spacial score (nSPS) is 15.9. The molecule has 0 saturated carbocycles. The topological polar surface area (TPSA) is 130 Å². The Bertz CT molecular complexity index is 1160. The van der Waals surface area contributed by atoms with E-state index in [1.54, 1.807) is 26.8 Å². The molecule has 0 bridgehead atoms. The highest BCUT2D eigenvalue weighted by molar-refractivity contribution is 7.90. The van der Waals surface area contributed by atoms with Gasteiger partial charge in [0, 0.05) is 38.1 Å². The van der Waals surface area contributed by atoms with Crippen LogP contribution in [-0.4, -0.2) is 69.7 Å². The van der Waals surface area contributed by atoms with Crippen molar-refractivity contribution in [3.63, 3.8) is 0 Å². The summed E-state index contributed by atoms with van der Waals surface area (Å²) in [5, 5.41) is 6.42. The lowest BCUT2D eigenvalue weighted by molar-refractivity contribution is 0.184. The summed E-state index contributed by atoms with van der Waals surface area (Å²) in [6, 6.07) is 4.11. The quantitative estimate of drug-likeness (QED) is 0.738. The number of sulfonamides is 1. The molecule has 1 fully saturated rings. The molecule has 3 rings (SSSR count).